The smallest absolute Gasteiger partial charge is 0.161 e. The summed E-state index contributed by atoms with van der Waals surface area (Å²) in [6.45, 7) is 0. The van der Waals surface area contributed by atoms with Gasteiger partial charge in [0, 0.05) is 11.0 Å². The number of hydrogen-bond acceptors (Lipinski definition) is 2. The van der Waals surface area contributed by atoms with Gasteiger partial charge in [-0.3, -0.25) is 4.79 Å². The summed E-state index contributed by atoms with van der Waals surface area (Å²) in [6.07, 6.45) is 11.3. The third-order valence-corrected chi connectivity index (χ3v) is 6.72. The van der Waals surface area contributed by atoms with E-state index in [1.165, 1.54) is 19.3 Å². The third kappa shape index (κ3) is 2.79. The Labute approximate surface area is 149 Å². The van der Waals surface area contributed by atoms with Gasteiger partial charge in [0.1, 0.15) is 5.75 Å². The van der Waals surface area contributed by atoms with Gasteiger partial charge in [-0.25, -0.2) is 0 Å². The van der Waals surface area contributed by atoms with Gasteiger partial charge < -0.3 is 4.74 Å². The molecular formula is C21H25ClO2. The van der Waals surface area contributed by atoms with E-state index in [0.717, 1.165) is 53.9 Å². The van der Waals surface area contributed by atoms with Crippen LogP contribution >= 0.6 is 11.6 Å². The maximum atomic E-state index is 13.0. The van der Waals surface area contributed by atoms with Crippen molar-refractivity contribution in [2.24, 2.45) is 23.2 Å². The molecule has 0 atom stereocenters. The van der Waals surface area contributed by atoms with E-state index in [9.17, 15) is 4.79 Å². The Morgan fingerprint density at radius 1 is 1.21 bits per heavy atom. The van der Waals surface area contributed by atoms with Crippen LogP contribution in [0.2, 0.25) is 0 Å². The quantitative estimate of drug-likeness (QED) is 0.540. The second-order valence-electron chi connectivity index (χ2n) is 8.10. The maximum Gasteiger partial charge on any atom is 0.161 e. The lowest BCUT2D eigenvalue weighted by molar-refractivity contribution is -0.138. The van der Waals surface area contributed by atoms with Crippen LogP contribution in [0.1, 0.15) is 49.7 Å². The monoisotopic (exact) mass is 344 g/mol. The van der Waals surface area contributed by atoms with Crippen molar-refractivity contribution in [1.82, 2.24) is 0 Å². The van der Waals surface area contributed by atoms with Crippen molar-refractivity contribution in [3.05, 3.63) is 35.4 Å². The molecule has 0 saturated heterocycles. The number of halogens is 1. The molecule has 0 unspecified atom stereocenters. The highest BCUT2D eigenvalue weighted by atomic mass is 35.5. The van der Waals surface area contributed by atoms with Crippen LogP contribution in [-0.4, -0.2) is 12.9 Å². The number of ether oxygens (including phenoxy) is 1. The van der Waals surface area contributed by atoms with Crippen molar-refractivity contribution < 1.29 is 9.53 Å². The number of methoxy groups -OCH3 is 1. The van der Waals surface area contributed by atoms with E-state index in [1.54, 1.807) is 7.11 Å². The first kappa shape index (κ1) is 16.2. The lowest BCUT2D eigenvalue weighted by Gasteiger charge is -2.55. The second kappa shape index (κ2) is 6.22. The molecule has 0 aliphatic heterocycles. The van der Waals surface area contributed by atoms with Crippen molar-refractivity contribution in [2.45, 2.75) is 44.4 Å². The lowest BCUT2D eigenvalue weighted by atomic mass is 9.48. The van der Waals surface area contributed by atoms with Gasteiger partial charge >= 0.3 is 0 Å². The number of ketones is 1. The van der Waals surface area contributed by atoms with E-state index < -0.39 is 0 Å². The number of rotatable bonds is 5. The normalized spacial score (nSPS) is 34.0. The Morgan fingerprint density at radius 3 is 2.38 bits per heavy atom. The summed E-state index contributed by atoms with van der Waals surface area (Å²) in [5, 5.41) is 0. The highest BCUT2D eigenvalue weighted by Crippen LogP contribution is 2.60. The SMILES string of the molecule is COc1ccc(/C=C/C(=O)C23CC4CC(CC(C4)C2)C3)cc1CCl. The first-order chi connectivity index (χ1) is 11.6. The van der Waals surface area contributed by atoms with Crippen molar-refractivity contribution in [3.63, 3.8) is 0 Å². The highest BCUT2D eigenvalue weighted by molar-refractivity contribution is 6.17. The molecule has 4 fully saturated rings. The summed E-state index contributed by atoms with van der Waals surface area (Å²) in [4.78, 5) is 13.0. The first-order valence-electron chi connectivity index (χ1n) is 9.07. The van der Waals surface area contributed by atoms with Crippen molar-refractivity contribution in [2.75, 3.05) is 7.11 Å². The summed E-state index contributed by atoms with van der Waals surface area (Å²) in [5.74, 6) is 3.97. The zero-order chi connectivity index (χ0) is 16.7. The summed E-state index contributed by atoms with van der Waals surface area (Å²) in [7, 11) is 1.65. The molecule has 4 aliphatic carbocycles. The van der Waals surface area contributed by atoms with E-state index >= 15 is 0 Å². The minimum atomic E-state index is -0.0486. The van der Waals surface area contributed by atoms with Crippen LogP contribution in [0.3, 0.4) is 0 Å². The molecule has 0 amide bonds. The largest absolute Gasteiger partial charge is 0.496 e. The molecule has 4 saturated carbocycles. The summed E-state index contributed by atoms with van der Waals surface area (Å²) >= 11 is 5.99. The summed E-state index contributed by atoms with van der Waals surface area (Å²) < 4.78 is 5.31. The first-order valence-corrected chi connectivity index (χ1v) is 9.61. The molecule has 3 heteroatoms. The zero-order valence-electron chi connectivity index (χ0n) is 14.3. The van der Waals surface area contributed by atoms with Crippen LogP contribution in [0, 0.1) is 23.2 Å². The van der Waals surface area contributed by atoms with E-state index in [4.69, 9.17) is 16.3 Å². The number of carbonyl (C=O) groups is 1. The molecule has 0 spiro atoms. The molecule has 5 rings (SSSR count). The van der Waals surface area contributed by atoms with E-state index in [2.05, 4.69) is 0 Å². The minimum absolute atomic E-state index is 0.0486. The van der Waals surface area contributed by atoms with Crippen LogP contribution in [0.5, 0.6) is 5.75 Å². The third-order valence-electron chi connectivity index (χ3n) is 6.44. The number of benzene rings is 1. The van der Waals surface area contributed by atoms with Gasteiger partial charge in [0.05, 0.1) is 13.0 Å². The second-order valence-corrected chi connectivity index (χ2v) is 8.37. The highest BCUT2D eigenvalue weighted by Gasteiger charge is 2.53. The van der Waals surface area contributed by atoms with Crippen LogP contribution < -0.4 is 4.74 Å². The Bertz CT molecular complexity index is 641. The fourth-order valence-electron chi connectivity index (χ4n) is 5.77. The van der Waals surface area contributed by atoms with E-state index in [0.29, 0.717) is 11.7 Å². The fourth-order valence-corrected chi connectivity index (χ4v) is 5.98. The summed E-state index contributed by atoms with van der Waals surface area (Å²) in [5.41, 5.74) is 1.93. The number of allylic oxidation sites excluding steroid dienone is 1. The lowest BCUT2D eigenvalue weighted by Crippen LogP contribution is -2.49. The van der Waals surface area contributed by atoms with Crippen LogP contribution in [0.4, 0.5) is 0 Å². The van der Waals surface area contributed by atoms with E-state index in [-0.39, 0.29) is 5.41 Å². The van der Waals surface area contributed by atoms with Gasteiger partial charge in [-0.05, 0) is 80.1 Å². The van der Waals surface area contributed by atoms with Crippen molar-refractivity contribution >= 4 is 23.5 Å². The van der Waals surface area contributed by atoms with Gasteiger partial charge in [0.25, 0.3) is 0 Å². The minimum Gasteiger partial charge on any atom is -0.496 e. The standard InChI is InChI=1S/C21H25ClO2/c1-24-19-4-2-14(9-18(19)13-22)3-5-20(23)21-10-15-6-16(11-21)8-17(7-15)12-21/h2-5,9,15-17H,6-8,10-13H2,1H3/b5-3+. The molecule has 0 heterocycles. The molecule has 1 aromatic carbocycles. The number of carbonyl (C=O) groups excluding carboxylic acids is 1. The predicted molar refractivity (Wildman–Crippen MR) is 97.2 cm³/mol. The zero-order valence-corrected chi connectivity index (χ0v) is 15.0. The topological polar surface area (TPSA) is 26.3 Å². The van der Waals surface area contributed by atoms with Gasteiger partial charge in [-0.15, -0.1) is 11.6 Å². The molecule has 4 aliphatic rings. The van der Waals surface area contributed by atoms with Gasteiger partial charge in [-0.1, -0.05) is 12.1 Å². The number of hydrogen-bond donors (Lipinski definition) is 0. The molecular weight excluding hydrogens is 320 g/mol. The molecule has 0 aromatic heterocycles. The Morgan fingerprint density at radius 2 is 1.83 bits per heavy atom. The molecule has 4 bridgehead atoms. The van der Waals surface area contributed by atoms with Crippen LogP contribution in [-0.2, 0) is 10.7 Å². The van der Waals surface area contributed by atoms with Crippen molar-refractivity contribution in [3.8, 4) is 5.75 Å². The summed E-state index contributed by atoms with van der Waals surface area (Å²) in [6, 6.07) is 5.92. The Balaban J connectivity index is 1.53. The van der Waals surface area contributed by atoms with Crippen LogP contribution in [0.15, 0.2) is 24.3 Å². The molecule has 0 N–H and O–H groups in total. The number of alkyl halides is 1. The van der Waals surface area contributed by atoms with Crippen molar-refractivity contribution in [1.29, 1.82) is 0 Å². The molecule has 128 valence electrons. The molecule has 0 radical (unpaired) electrons. The average molecular weight is 345 g/mol. The Kier molecular flexibility index (Phi) is 4.20. The van der Waals surface area contributed by atoms with Gasteiger partial charge in [-0.2, -0.15) is 0 Å². The van der Waals surface area contributed by atoms with E-state index in [1.807, 2.05) is 30.4 Å². The molecule has 2 nitrogen and oxygen atoms in total. The van der Waals surface area contributed by atoms with Gasteiger partial charge in [0.2, 0.25) is 0 Å². The van der Waals surface area contributed by atoms with Gasteiger partial charge in [0.15, 0.2) is 5.78 Å². The van der Waals surface area contributed by atoms with Crippen LogP contribution in [0.25, 0.3) is 6.08 Å². The Hall–Kier alpha value is -1.28. The maximum absolute atomic E-state index is 13.0. The predicted octanol–water partition coefficient (Wildman–Crippen LogP) is 5.23. The average Bonchev–Trinajstić information content (AvgIpc) is 2.58. The molecule has 1 aromatic rings. The molecule has 24 heavy (non-hydrogen) atoms. The fraction of sp³-hybridized carbons (Fsp3) is 0.571.